The lowest BCUT2D eigenvalue weighted by atomic mass is 9.71. The first kappa shape index (κ1) is 16.0. The van der Waals surface area contributed by atoms with Crippen LogP contribution >= 0.6 is 0 Å². The standard InChI is InChI=1S/C15H26O4/c1-5-13(16)18-10-14(17)19-11(2)12-7-6-8-15(3,4)9-12/h11-12H,5-10H2,1-4H3/t11-,12+/m1/s1. The molecule has 0 bridgehead atoms. The van der Waals surface area contributed by atoms with Crippen LogP contribution in [0.3, 0.4) is 0 Å². The van der Waals surface area contributed by atoms with Crippen LogP contribution in [0, 0.1) is 11.3 Å². The van der Waals surface area contributed by atoms with Crippen LogP contribution < -0.4 is 0 Å². The lowest BCUT2D eigenvalue weighted by Gasteiger charge is -2.37. The molecule has 0 amide bonds. The maximum Gasteiger partial charge on any atom is 0.344 e. The topological polar surface area (TPSA) is 52.6 Å². The molecule has 1 aliphatic carbocycles. The molecule has 4 nitrogen and oxygen atoms in total. The van der Waals surface area contributed by atoms with Gasteiger partial charge >= 0.3 is 11.9 Å². The van der Waals surface area contributed by atoms with Crippen LogP contribution in [0.4, 0.5) is 0 Å². The van der Waals surface area contributed by atoms with E-state index in [2.05, 4.69) is 13.8 Å². The number of hydrogen-bond acceptors (Lipinski definition) is 4. The molecule has 0 spiro atoms. The van der Waals surface area contributed by atoms with E-state index < -0.39 is 5.97 Å². The third-order valence-electron chi connectivity index (χ3n) is 3.86. The zero-order valence-corrected chi connectivity index (χ0v) is 12.5. The molecule has 1 rings (SSSR count). The van der Waals surface area contributed by atoms with Crippen molar-refractivity contribution in [2.75, 3.05) is 6.61 Å². The molecule has 0 aromatic carbocycles. The van der Waals surface area contributed by atoms with Crippen molar-refractivity contribution in [1.82, 2.24) is 0 Å². The molecule has 1 saturated carbocycles. The van der Waals surface area contributed by atoms with Gasteiger partial charge in [-0.15, -0.1) is 0 Å². The van der Waals surface area contributed by atoms with E-state index in [1.165, 1.54) is 12.8 Å². The monoisotopic (exact) mass is 270 g/mol. The predicted octanol–water partition coefficient (Wildman–Crippen LogP) is 3.09. The zero-order valence-electron chi connectivity index (χ0n) is 12.5. The molecule has 19 heavy (non-hydrogen) atoms. The highest BCUT2D eigenvalue weighted by atomic mass is 16.6. The minimum atomic E-state index is -0.447. The molecule has 0 aliphatic heterocycles. The van der Waals surface area contributed by atoms with E-state index in [1.807, 2.05) is 6.92 Å². The van der Waals surface area contributed by atoms with E-state index in [0.717, 1.165) is 12.8 Å². The number of hydrogen-bond donors (Lipinski definition) is 0. The van der Waals surface area contributed by atoms with E-state index in [9.17, 15) is 9.59 Å². The Hall–Kier alpha value is -1.06. The van der Waals surface area contributed by atoms with Crippen molar-refractivity contribution in [2.24, 2.45) is 11.3 Å². The van der Waals surface area contributed by atoms with Gasteiger partial charge in [-0.25, -0.2) is 4.79 Å². The fourth-order valence-electron chi connectivity index (χ4n) is 2.74. The lowest BCUT2D eigenvalue weighted by molar-refractivity contribution is -0.164. The summed E-state index contributed by atoms with van der Waals surface area (Å²) < 4.78 is 10.1. The van der Waals surface area contributed by atoms with Crippen LogP contribution in [0.5, 0.6) is 0 Å². The summed E-state index contributed by atoms with van der Waals surface area (Å²) in [6.45, 7) is 7.88. The number of esters is 2. The van der Waals surface area contributed by atoms with Gasteiger partial charge < -0.3 is 9.47 Å². The normalized spacial score (nSPS) is 23.5. The molecule has 1 aliphatic rings. The van der Waals surface area contributed by atoms with Crippen molar-refractivity contribution in [1.29, 1.82) is 0 Å². The summed E-state index contributed by atoms with van der Waals surface area (Å²) in [5.41, 5.74) is 0.332. The third-order valence-corrected chi connectivity index (χ3v) is 3.86. The summed E-state index contributed by atoms with van der Waals surface area (Å²) in [6.07, 6.45) is 4.78. The van der Waals surface area contributed by atoms with Crippen molar-refractivity contribution >= 4 is 11.9 Å². The van der Waals surface area contributed by atoms with Gasteiger partial charge in [0.25, 0.3) is 0 Å². The minimum absolute atomic E-state index is 0.104. The summed E-state index contributed by atoms with van der Waals surface area (Å²) in [4.78, 5) is 22.5. The Morgan fingerprint density at radius 2 is 2.00 bits per heavy atom. The van der Waals surface area contributed by atoms with Gasteiger partial charge in [-0.2, -0.15) is 0 Å². The first-order valence-corrected chi connectivity index (χ1v) is 7.19. The maximum atomic E-state index is 11.6. The summed E-state index contributed by atoms with van der Waals surface area (Å²) >= 11 is 0. The Morgan fingerprint density at radius 1 is 1.32 bits per heavy atom. The third kappa shape index (κ3) is 5.62. The van der Waals surface area contributed by atoms with Crippen molar-refractivity contribution in [3.8, 4) is 0 Å². The number of ether oxygens (including phenoxy) is 2. The molecule has 0 aromatic heterocycles. The molecule has 0 unspecified atom stereocenters. The van der Waals surface area contributed by atoms with Gasteiger partial charge in [0.15, 0.2) is 6.61 Å². The van der Waals surface area contributed by atoms with Crippen LogP contribution in [0.1, 0.15) is 59.8 Å². The molecular weight excluding hydrogens is 244 g/mol. The number of carbonyl (C=O) groups is 2. The molecule has 0 saturated heterocycles. The van der Waals surface area contributed by atoms with Crippen LogP contribution in [0.2, 0.25) is 0 Å². The van der Waals surface area contributed by atoms with E-state index >= 15 is 0 Å². The van der Waals surface area contributed by atoms with Gasteiger partial charge in [-0.05, 0) is 37.5 Å². The summed E-state index contributed by atoms with van der Waals surface area (Å²) in [5, 5.41) is 0. The second-order valence-electron chi connectivity index (χ2n) is 6.23. The Bertz CT molecular complexity index is 322. The molecule has 1 fully saturated rings. The van der Waals surface area contributed by atoms with Crippen molar-refractivity contribution in [2.45, 2.75) is 65.9 Å². The van der Waals surface area contributed by atoms with E-state index in [1.54, 1.807) is 6.92 Å². The van der Waals surface area contributed by atoms with Crippen molar-refractivity contribution in [3.05, 3.63) is 0 Å². The molecule has 4 heteroatoms. The Balaban J connectivity index is 2.35. The highest BCUT2D eigenvalue weighted by Crippen LogP contribution is 2.40. The van der Waals surface area contributed by atoms with E-state index in [0.29, 0.717) is 11.3 Å². The van der Waals surface area contributed by atoms with Crippen LogP contribution in [-0.4, -0.2) is 24.6 Å². The highest BCUT2D eigenvalue weighted by Gasteiger charge is 2.32. The van der Waals surface area contributed by atoms with Crippen molar-refractivity contribution < 1.29 is 19.1 Å². The van der Waals surface area contributed by atoms with Gasteiger partial charge in [-0.3, -0.25) is 4.79 Å². The van der Waals surface area contributed by atoms with Crippen LogP contribution in [0.25, 0.3) is 0 Å². The molecule has 2 atom stereocenters. The van der Waals surface area contributed by atoms with Gasteiger partial charge in [0.1, 0.15) is 6.10 Å². The van der Waals surface area contributed by atoms with Gasteiger partial charge in [0.05, 0.1) is 0 Å². The molecule has 0 heterocycles. The number of rotatable bonds is 5. The Labute approximate surface area is 115 Å². The number of carbonyl (C=O) groups excluding carboxylic acids is 2. The fourth-order valence-corrected chi connectivity index (χ4v) is 2.74. The molecule has 0 aromatic rings. The SMILES string of the molecule is CCC(=O)OCC(=O)O[C@H](C)[C@H]1CCCC(C)(C)C1. The second kappa shape index (κ2) is 6.92. The summed E-state index contributed by atoms with van der Waals surface area (Å²) in [6, 6.07) is 0. The van der Waals surface area contributed by atoms with Gasteiger partial charge in [0, 0.05) is 6.42 Å². The lowest BCUT2D eigenvalue weighted by Crippen LogP contribution is -2.33. The summed E-state index contributed by atoms with van der Waals surface area (Å²) in [5.74, 6) is -0.407. The van der Waals surface area contributed by atoms with Gasteiger partial charge in [0.2, 0.25) is 0 Å². The maximum absolute atomic E-state index is 11.6. The van der Waals surface area contributed by atoms with Crippen LogP contribution in [-0.2, 0) is 19.1 Å². The average Bonchev–Trinajstić information content (AvgIpc) is 2.34. The highest BCUT2D eigenvalue weighted by molar-refractivity contribution is 5.76. The Kier molecular flexibility index (Phi) is 5.83. The summed E-state index contributed by atoms with van der Waals surface area (Å²) in [7, 11) is 0. The Morgan fingerprint density at radius 3 is 2.58 bits per heavy atom. The van der Waals surface area contributed by atoms with E-state index in [-0.39, 0.29) is 25.1 Å². The van der Waals surface area contributed by atoms with Gasteiger partial charge in [-0.1, -0.05) is 27.2 Å². The predicted molar refractivity (Wildman–Crippen MR) is 72.5 cm³/mol. The first-order chi connectivity index (χ1) is 8.84. The minimum Gasteiger partial charge on any atom is -0.460 e. The molecule has 0 radical (unpaired) electrons. The quantitative estimate of drug-likeness (QED) is 0.720. The van der Waals surface area contributed by atoms with Crippen LogP contribution in [0.15, 0.2) is 0 Å². The smallest absolute Gasteiger partial charge is 0.344 e. The second-order valence-corrected chi connectivity index (χ2v) is 6.23. The molecular formula is C15H26O4. The zero-order chi connectivity index (χ0) is 14.5. The van der Waals surface area contributed by atoms with Crippen molar-refractivity contribution in [3.63, 3.8) is 0 Å². The molecule has 110 valence electrons. The fraction of sp³-hybridized carbons (Fsp3) is 0.867. The molecule has 0 N–H and O–H groups in total. The largest absolute Gasteiger partial charge is 0.460 e. The average molecular weight is 270 g/mol. The van der Waals surface area contributed by atoms with E-state index in [4.69, 9.17) is 9.47 Å². The first-order valence-electron chi connectivity index (χ1n) is 7.19.